The Morgan fingerprint density at radius 3 is 2.52 bits per heavy atom. The predicted molar refractivity (Wildman–Crippen MR) is 81.4 cm³/mol. The van der Waals surface area contributed by atoms with Crippen LogP contribution >= 0.6 is 0 Å². The maximum absolute atomic E-state index is 5.82. The van der Waals surface area contributed by atoms with Crippen LogP contribution in [0.5, 0.6) is 0 Å². The molecule has 1 aromatic rings. The number of nitrogens with one attached hydrogen (secondary N) is 1. The predicted octanol–water partition coefficient (Wildman–Crippen LogP) is -0.203. The quantitative estimate of drug-likeness (QED) is 0.791. The van der Waals surface area contributed by atoms with Crippen molar-refractivity contribution in [3.63, 3.8) is 0 Å². The lowest BCUT2D eigenvalue weighted by Gasteiger charge is -2.30. The minimum atomic E-state index is 0.266. The van der Waals surface area contributed by atoms with E-state index in [-0.39, 0.29) is 5.95 Å². The molecule has 2 saturated heterocycles. The van der Waals surface area contributed by atoms with Crippen LogP contribution in [0, 0.1) is 0 Å². The molecular weight excluding hydrogens is 270 g/mol. The number of anilines is 3. The number of morpholine rings is 1. The van der Waals surface area contributed by atoms with Crippen molar-refractivity contribution < 1.29 is 4.74 Å². The second-order valence-corrected chi connectivity index (χ2v) is 5.64. The van der Waals surface area contributed by atoms with Gasteiger partial charge >= 0.3 is 0 Å². The minimum absolute atomic E-state index is 0.266. The van der Waals surface area contributed by atoms with E-state index < -0.39 is 0 Å². The van der Waals surface area contributed by atoms with Gasteiger partial charge in [0, 0.05) is 19.1 Å². The van der Waals surface area contributed by atoms with Gasteiger partial charge in [-0.1, -0.05) is 0 Å². The molecule has 3 heterocycles. The van der Waals surface area contributed by atoms with Crippen LogP contribution in [0.1, 0.15) is 12.8 Å². The van der Waals surface area contributed by atoms with E-state index in [0.29, 0.717) is 31.2 Å². The summed E-state index contributed by atoms with van der Waals surface area (Å²) in [6, 6.07) is 0.403. The average molecular weight is 293 g/mol. The summed E-state index contributed by atoms with van der Waals surface area (Å²) in [5.41, 5.74) is 5.82. The molecule has 2 aliphatic rings. The van der Waals surface area contributed by atoms with Gasteiger partial charge in [-0.25, -0.2) is 0 Å². The monoisotopic (exact) mass is 293 g/mol. The highest BCUT2D eigenvalue weighted by atomic mass is 16.5. The summed E-state index contributed by atoms with van der Waals surface area (Å²) in [5, 5.41) is 3.39. The minimum Gasteiger partial charge on any atom is -0.378 e. The number of likely N-dealkylation sites (tertiary alicyclic amines) is 1. The van der Waals surface area contributed by atoms with E-state index in [0.717, 1.165) is 39.0 Å². The third-order valence-electron chi connectivity index (χ3n) is 3.99. The van der Waals surface area contributed by atoms with Gasteiger partial charge in [0.1, 0.15) is 0 Å². The van der Waals surface area contributed by atoms with Crippen molar-refractivity contribution in [1.82, 2.24) is 19.9 Å². The highest BCUT2D eigenvalue weighted by molar-refractivity contribution is 5.42. The molecule has 0 bridgehead atoms. The van der Waals surface area contributed by atoms with E-state index in [9.17, 15) is 0 Å². The van der Waals surface area contributed by atoms with Gasteiger partial charge in [-0.3, -0.25) is 0 Å². The van der Waals surface area contributed by atoms with Crippen molar-refractivity contribution in [2.45, 2.75) is 18.9 Å². The number of nitrogen functional groups attached to an aromatic ring is 1. The molecule has 0 aliphatic carbocycles. The normalized spacial score (nSPS) is 21.5. The summed E-state index contributed by atoms with van der Waals surface area (Å²) in [5.74, 6) is 1.49. The molecule has 0 saturated carbocycles. The van der Waals surface area contributed by atoms with Crippen molar-refractivity contribution in [3.05, 3.63) is 0 Å². The van der Waals surface area contributed by atoms with Crippen LogP contribution in [0.4, 0.5) is 17.8 Å². The zero-order chi connectivity index (χ0) is 14.7. The number of rotatable bonds is 3. The van der Waals surface area contributed by atoms with Crippen molar-refractivity contribution in [1.29, 1.82) is 0 Å². The van der Waals surface area contributed by atoms with Gasteiger partial charge in [0.2, 0.25) is 17.8 Å². The van der Waals surface area contributed by atoms with E-state index in [1.165, 1.54) is 0 Å². The number of hydrogen-bond donors (Lipinski definition) is 2. The molecule has 2 fully saturated rings. The Hall–Kier alpha value is -1.67. The molecule has 0 amide bonds. The zero-order valence-corrected chi connectivity index (χ0v) is 12.5. The fourth-order valence-corrected chi connectivity index (χ4v) is 2.69. The summed E-state index contributed by atoms with van der Waals surface area (Å²) in [6.07, 6.45) is 2.18. The highest BCUT2D eigenvalue weighted by Gasteiger charge is 2.19. The molecule has 8 heteroatoms. The van der Waals surface area contributed by atoms with Gasteiger partial charge in [-0.05, 0) is 33.0 Å². The molecule has 8 nitrogen and oxygen atoms in total. The first kappa shape index (κ1) is 14.3. The number of nitrogens with zero attached hydrogens (tertiary/aromatic N) is 5. The maximum Gasteiger partial charge on any atom is 0.232 e. The third-order valence-corrected chi connectivity index (χ3v) is 3.99. The van der Waals surface area contributed by atoms with Crippen molar-refractivity contribution in [2.24, 2.45) is 0 Å². The summed E-state index contributed by atoms with van der Waals surface area (Å²) in [6.45, 7) is 5.16. The van der Waals surface area contributed by atoms with Crippen molar-refractivity contribution in [2.75, 3.05) is 62.4 Å². The van der Waals surface area contributed by atoms with Gasteiger partial charge in [0.15, 0.2) is 0 Å². The van der Waals surface area contributed by atoms with Crippen LogP contribution in [0.15, 0.2) is 0 Å². The Bertz CT molecular complexity index is 470. The first-order valence-corrected chi connectivity index (χ1v) is 7.50. The molecule has 0 spiro atoms. The fourth-order valence-electron chi connectivity index (χ4n) is 2.69. The molecule has 0 radical (unpaired) electrons. The number of piperidine rings is 1. The first-order chi connectivity index (χ1) is 10.2. The standard InChI is InChI=1S/C13H23N7O/c1-19-4-2-10(3-5-19)15-12-16-11(14)17-13(18-12)20-6-8-21-9-7-20/h10H,2-9H2,1H3,(H3,14,15,16,17,18). The van der Waals surface area contributed by atoms with Crippen LogP contribution in [-0.2, 0) is 4.74 Å². The summed E-state index contributed by atoms with van der Waals surface area (Å²) in [7, 11) is 2.15. The Kier molecular flexibility index (Phi) is 4.35. The highest BCUT2D eigenvalue weighted by Crippen LogP contribution is 2.17. The topological polar surface area (TPSA) is 92.4 Å². The van der Waals surface area contributed by atoms with Crippen LogP contribution in [0.25, 0.3) is 0 Å². The molecule has 0 unspecified atom stereocenters. The Balaban J connectivity index is 1.68. The van der Waals surface area contributed by atoms with Crippen LogP contribution in [-0.4, -0.2) is 72.3 Å². The third kappa shape index (κ3) is 3.70. The SMILES string of the molecule is CN1CCC(Nc2nc(N)nc(N3CCOCC3)n2)CC1. The molecular formula is C13H23N7O. The van der Waals surface area contributed by atoms with Crippen molar-refractivity contribution >= 4 is 17.8 Å². The van der Waals surface area contributed by atoms with E-state index in [4.69, 9.17) is 10.5 Å². The first-order valence-electron chi connectivity index (χ1n) is 7.50. The van der Waals surface area contributed by atoms with Gasteiger partial charge in [-0.2, -0.15) is 15.0 Å². The Labute approximate surface area is 124 Å². The maximum atomic E-state index is 5.82. The van der Waals surface area contributed by atoms with Crippen molar-refractivity contribution in [3.8, 4) is 0 Å². The molecule has 21 heavy (non-hydrogen) atoms. The number of aromatic nitrogens is 3. The summed E-state index contributed by atoms with van der Waals surface area (Å²) in [4.78, 5) is 17.4. The zero-order valence-electron chi connectivity index (χ0n) is 12.5. The van der Waals surface area contributed by atoms with Crippen LogP contribution < -0.4 is 16.0 Å². The second-order valence-electron chi connectivity index (χ2n) is 5.64. The molecule has 0 aromatic carbocycles. The van der Waals surface area contributed by atoms with Gasteiger partial charge in [0.05, 0.1) is 13.2 Å². The van der Waals surface area contributed by atoms with Crippen LogP contribution in [0.3, 0.4) is 0 Å². The Morgan fingerprint density at radius 2 is 1.81 bits per heavy atom. The van der Waals surface area contributed by atoms with E-state index >= 15 is 0 Å². The molecule has 116 valence electrons. The van der Waals surface area contributed by atoms with Gasteiger partial charge < -0.3 is 25.6 Å². The molecule has 3 rings (SSSR count). The largest absolute Gasteiger partial charge is 0.378 e. The molecule has 3 N–H and O–H groups in total. The molecule has 0 atom stereocenters. The number of ether oxygens (including phenoxy) is 1. The van der Waals surface area contributed by atoms with E-state index in [2.05, 4.69) is 37.1 Å². The average Bonchev–Trinajstić information content (AvgIpc) is 2.50. The lowest BCUT2D eigenvalue weighted by molar-refractivity contribution is 0.122. The second kappa shape index (κ2) is 6.40. The smallest absolute Gasteiger partial charge is 0.232 e. The summed E-state index contributed by atoms with van der Waals surface area (Å²) >= 11 is 0. The molecule has 2 aliphatic heterocycles. The Morgan fingerprint density at radius 1 is 1.10 bits per heavy atom. The van der Waals surface area contributed by atoms with Gasteiger partial charge in [-0.15, -0.1) is 0 Å². The fraction of sp³-hybridized carbons (Fsp3) is 0.769. The number of nitrogens with two attached hydrogens (primary N) is 1. The lowest BCUT2D eigenvalue weighted by atomic mass is 10.1. The number of hydrogen-bond acceptors (Lipinski definition) is 8. The van der Waals surface area contributed by atoms with E-state index in [1.807, 2.05) is 0 Å². The summed E-state index contributed by atoms with van der Waals surface area (Å²) < 4.78 is 5.35. The van der Waals surface area contributed by atoms with Crippen LogP contribution in [0.2, 0.25) is 0 Å². The van der Waals surface area contributed by atoms with E-state index in [1.54, 1.807) is 0 Å². The van der Waals surface area contributed by atoms with Gasteiger partial charge in [0.25, 0.3) is 0 Å². The lowest BCUT2D eigenvalue weighted by Crippen LogP contribution is -2.39. The molecule has 1 aromatic heterocycles.